The zero-order chi connectivity index (χ0) is 12.1. The number of rotatable bonds is 4. The Kier molecular flexibility index (Phi) is 3.85. The van der Waals surface area contributed by atoms with Crippen molar-refractivity contribution in [3.8, 4) is 0 Å². The molecule has 0 aromatic heterocycles. The summed E-state index contributed by atoms with van der Waals surface area (Å²) in [5, 5.41) is 0. The van der Waals surface area contributed by atoms with Crippen molar-refractivity contribution in [3.05, 3.63) is 66.2 Å². The van der Waals surface area contributed by atoms with Gasteiger partial charge in [0.15, 0.2) is 0 Å². The van der Waals surface area contributed by atoms with Crippen molar-refractivity contribution in [1.29, 1.82) is 0 Å². The number of alkyl halides is 1. The Bertz CT molecular complexity index is 451. The van der Waals surface area contributed by atoms with E-state index >= 15 is 0 Å². The molecule has 0 bridgehead atoms. The normalized spacial score (nSPS) is 14.2. The van der Waals surface area contributed by atoms with E-state index in [1.807, 2.05) is 60.7 Å². The Morgan fingerprint density at radius 2 is 1.47 bits per heavy atom. The maximum absolute atomic E-state index is 14.5. The topological polar surface area (TPSA) is 0 Å². The molecular formula is C15H15FS. The molecule has 2 aromatic rings. The van der Waals surface area contributed by atoms with Gasteiger partial charge in [0.05, 0.1) is 0 Å². The minimum absolute atomic E-state index is 0.432. The minimum atomic E-state index is -1.29. The first-order valence-corrected chi connectivity index (χ1v) is 6.59. The van der Waals surface area contributed by atoms with E-state index in [-0.39, 0.29) is 0 Å². The highest BCUT2D eigenvalue weighted by Crippen LogP contribution is 2.32. The lowest BCUT2D eigenvalue weighted by molar-refractivity contribution is 0.228. The third-order valence-electron chi connectivity index (χ3n) is 2.63. The van der Waals surface area contributed by atoms with Crippen molar-refractivity contribution < 1.29 is 4.39 Å². The fraction of sp³-hybridized carbons (Fsp3) is 0.200. The summed E-state index contributed by atoms with van der Waals surface area (Å²) in [6.07, 6.45) is 0. The van der Waals surface area contributed by atoms with Crippen LogP contribution in [0, 0.1) is 0 Å². The molecule has 0 aliphatic rings. The zero-order valence-electron chi connectivity index (χ0n) is 9.77. The summed E-state index contributed by atoms with van der Waals surface area (Å²) in [5.74, 6) is 0.432. The van der Waals surface area contributed by atoms with Crippen LogP contribution in [0.5, 0.6) is 0 Å². The molecule has 0 radical (unpaired) electrons. The first-order valence-electron chi connectivity index (χ1n) is 5.61. The van der Waals surface area contributed by atoms with Gasteiger partial charge in [-0.1, -0.05) is 48.5 Å². The second kappa shape index (κ2) is 5.37. The predicted molar refractivity (Wildman–Crippen MR) is 72.1 cm³/mol. The lowest BCUT2D eigenvalue weighted by Crippen LogP contribution is -2.18. The summed E-state index contributed by atoms with van der Waals surface area (Å²) in [4.78, 5) is 1.10. The summed E-state index contributed by atoms with van der Waals surface area (Å²) >= 11 is 1.55. The molecule has 0 N–H and O–H groups in total. The fourth-order valence-corrected chi connectivity index (χ4v) is 2.56. The monoisotopic (exact) mass is 246 g/mol. The first-order chi connectivity index (χ1) is 8.18. The SMILES string of the molecule is CC(F)(CSc1ccccc1)c1ccccc1. The van der Waals surface area contributed by atoms with Crippen molar-refractivity contribution in [3.63, 3.8) is 0 Å². The summed E-state index contributed by atoms with van der Waals surface area (Å²) in [6.45, 7) is 1.64. The van der Waals surface area contributed by atoms with Crippen molar-refractivity contribution >= 4 is 11.8 Å². The third-order valence-corrected chi connectivity index (χ3v) is 3.92. The van der Waals surface area contributed by atoms with Crippen molar-refractivity contribution in [1.82, 2.24) is 0 Å². The molecule has 0 amide bonds. The molecule has 2 heteroatoms. The fourth-order valence-electron chi connectivity index (χ4n) is 1.60. The van der Waals surface area contributed by atoms with E-state index in [2.05, 4.69) is 0 Å². The van der Waals surface area contributed by atoms with Crippen LogP contribution in [0.4, 0.5) is 4.39 Å². The van der Waals surface area contributed by atoms with Crippen LogP contribution in [-0.4, -0.2) is 5.75 Å². The Labute approximate surface area is 106 Å². The molecule has 0 fully saturated rings. The second-order valence-corrected chi connectivity index (χ2v) is 5.21. The highest BCUT2D eigenvalue weighted by Gasteiger charge is 2.25. The van der Waals surface area contributed by atoms with Crippen LogP contribution in [-0.2, 0) is 5.67 Å². The number of hydrogen-bond donors (Lipinski definition) is 0. The molecule has 0 aliphatic heterocycles. The number of hydrogen-bond acceptors (Lipinski definition) is 1. The maximum atomic E-state index is 14.5. The molecule has 17 heavy (non-hydrogen) atoms. The number of halogens is 1. The van der Waals surface area contributed by atoms with Crippen molar-refractivity contribution in [2.75, 3.05) is 5.75 Å². The van der Waals surface area contributed by atoms with Gasteiger partial charge in [-0.3, -0.25) is 0 Å². The molecule has 0 heterocycles. The van der Waals surface area contributed by atoms with Gasteiger partial charge in [0.1, 0.15) is 5.67 Å². The first kappa shape index (κ1) is 12.2. The smallest absolute Gasteiger partial charge is 0.142 e. The molecule has 2 aromatic carbocycles. The molecule has 1 atom stereocenters. The van der Waals surface area contributed by atoms with Gasteiger partial charge >= 0.3 is 0 Å². The van der Waals surface area contributed by atoms with E-state index < -0.39 is 5.67 Å². The van der Waals surface area contributed by atoms with Crippen LogP contribution < -0.4 is 0 Å². The summed E-state index contributed by atoms with van der Waals surface area (Å²) in [6, 6.07) is 19.3. The van der Waals surface area contributed by atoms with Crippen LogP contribution in [0.25, 0.3) is 0 Å². The zero-order valence-corrected chi connectivity index (χ0v) is 10.6. The lowest BCUT2D eigenvalue weighted by Gasteiger charge is -2.20. The summed E-state index contributed by atoms with van der Waals surface area (Å²) in [5.41, 5.74) is -0.551. The molecule has 2 rings (SSSR count). The Hall–Kier alpha value is -1.28. The molecular weight excluding hydrogens is 231 g/mol. The highest BCUT2D eigenvalue weighted by atomic mass is 32.2. The quantitative estimate of drug-likeness (QED) is 0.707. The molecule has 88 valence electrons. The Balaban J connectivity index is 2.03. The highest BCUT2D eigenvalue weighted by molar-refractivity contribution is 7.99. The van der Waals surface area contributed by atoms with Crippen molar-refractivity contribution in [2.24, 2.45) is 0 Å². The van der Waals surface area contributed by atoms with Crippen LogP contribution >= 0.6 is 11.8 Å². The van der Waals surface area contributed by atoms with E-state index in [9.17, 15) is 4.39 Å². The van der Waals surface area contributed by atoms with Gasteiger partial charge in [0, 0.05) is 10.6 Å². The Morgan fingerprint density at radius 1 is 0.941 bits per heavy atom. The summed E-state index contributed by atoms with van der Waals surface area (Å²) < 4.78 is 14.5. The van der Waals surface area contributed by atoms with E-state index in [1.165, 1.54) is 0 Å². The van der Waals surface area contributed by atoms with Gasteiger partial charge in [-0.2, -0.15) is 0 Å². The largest absolute Gasteiger partial charge is 0.238 e. The molecule has 0 nitrogen and oxygen atoms in total. The number of benzene rings is 2. The Morgan fingerprint density at radius 3 is 2.06 bits per heavy atom. The van der Waals surface area contributed by atoms with Crippen molar-refractivity contribution in [2.45, 2.75) is 17.5 Å². The standard InChI is InChI=1S/C15H15FS/c1-15(16,13-8-4-2-5-9-13)12-17-14-10-6-3-7-11-14/h2-11H,12H2,1H3. The minimum Gasteiger partial charge on any atom is -0.238 e. The van der Waals surface area contributed by atoms with Crippen LogP contribution in [0.3, 0.4) is 0 Å². The van der Waals surface area contributed by atoms with E-state index in [0.29, 0.717) is 5.75 Å². The van der Waals surface area contributed by atoms with Gasteiger partial charge in [-0.25, -0.2) is 4.39 Å². The maximum Gasteiger partial charge on any atom is 0.142 e. The van der Waals surface area contributed by atoms with Crippen LogP contribution in [0.2, 0.25) is 0 Å². The molecule has 1 unspecified atom stereocenters. The van der Waals surface area contributed by atoms with Crippen LogP contribution in [0.1, 0.15) is 12.5 Å². The van der Waals surface area contributed by atoms with Gasteiger partial charge < -0.3 is 0 Å². The van der Waals surface area contributed by atoms with Crippen LogP contribution in [0.15, 0.2) is 65.6 Å². The second-order valence-electron chi connectivity index (χ2n) is 4.17. The van der Waals surface area contributed by atoms with Gasteiger partial charge in [0.25, 0.3) is 0 Å². The average molecular weight is 246 g/mol. The summed E-state index contributed by atoms with van der Waals surface area (Å²) in [7, 11) is 0. The van der Waals surface area contributed by atoms with E-state index in [1.54, 1.807) is 18.7 Å². The van der Waals surface area contributed by atoms with Gasteiger partial charge in [-0.15, -0.1) is 11.8 Å². The van der Waals surface area contributed by atoms with Gasteiger partial charge in [-0.05, 0) is 24.6 Å². The average Bonchev–Trinajstić information content (AvgIpc) is 2.39. The molecule has 0 aliphatic carbocycles. The van der Waals surface area contributed by atoms with E-state index in [0.717, 1.165) is 10.5 Å². The van der Waals surface area contributed by atoms with E-state index in [4.69, 9.17) is 0 Å². The van der Waals surface area contributed by atoms with Gasteiger partial charge in [0.2, 0.25) is 0 Å². The molecule has 0 spiro atoms. The lowest BCUT2D eigenvalue weighted by atomic mass is 10.0. The predicted octanol–water partition coefficient (Wildman–Crippen LogP) is 4.66. The third kappa shape index (κ3) is 3.34. The number of thioether (sulfide) groups is 1. The molecule has 0 saturated heterocycles. The molecule has 0 saturated carbocycles.